The van der Waals surface area contributed by atoms with Crippen LogP contribution in [0.5, 0.6) is 0 Å². The van der Waals surface area contributed by atoms with Gasteiger partial charge >= 0.3 is 0 Å². The summed E-state index contributed by atoms with van der Waals surface area (Å²) in [5, 5.41) is 4.02. The fraction of sp³-hybridized carbons (Fsp3) is 0.250. The lowest BCUT2D eigenvalue weighted by Crippen LogP contribution is -2.06. The van der Waals surface area contributed by atoms with Crippen molar-refractivity contribution in [2.75, 3.05) is 5.73 Å². The number of nitrogens with two attached hydrogens (primary N) is 1. The van der Waals surface area contributed by atoms with E-state index in [1.54, 1.807) is 13.8 Å². The predicted octanol–water partition coefficient (Wildman–Crippen LogP) is 0.136. The van der Waals surface area contributed by atoms with E-state index in [0.29, 0.717) is 29.0 Å². The molecule has 6 nitrogen and oxygen atoms in total. The highest BCUT2D eigenvalue weighted by Gasteiger charge is 2.12. The Morgan fingerprint density at radius 2 is 2.07 bits per heavy atom. The molecule has 0 aromatic carbocycles. The van der Waals surface area contributed by atoms with Gasteiger partial charge < -0.3 is 5.73 Å². The molecule has 14 heavy (non-hydrogen) atoms. The van der Waals surface area contributed by atoms with E-state index in [-0.39, 0.29) is 5.95 Å². The molecule has 0 fully saturated rings. The Bertz CT molecular complexity index is 516. The molecule has 2 aromatic heterocycles. The maximum atomic E-state index is 10.8. The first kappa shape index (κ1) is 8.61. The number of rotatable bonds is 1. The molecule has 0 unspecified atom stereocenters. The van der Waals surface area contributed by atoms with Crippen LogP contribution < -0.4 is 5.73 Å². The first-order valence-corrected chi connectivity index (χ1v) is 4.08. The Labute approximate surface area is 79.8 Å². The third-order valence-electron chi connectivity index (χ3n) is 1.96. The van der Waals surface area contributed by atoms with E-state index in [2.05, 4.69) is 15.1 Å². The van der Waals surface area contributed by atoms with E-state index in [0.717, 1.165) is 0 Å². The zero-order valence-electron chi connectivity index (χ0n) is 7.85. The zero-order valence-corrected chi connectivity index (χ0v) is 7.85. The average molecular weight is 191 g/mol. The number of nitrogens with zero attached hydrogens (tertiary/aromatic N) is 4. The van der Waals surface area contributed by atoms with Gasteiger partial charge in [-0.3, -0.25) is 4.79 Å². The van der Waals surface area contributed by atoms with Crippen LogP contribution in [-0.4, -0.2) is 25.9 Å². The molecular formula is C8H9N5O. The third kappa shape index (κ3) is 1.04. The number of fused-ring (bicyclic) bond motifs is 1. The van der Waals surface area contributed by atoms with Gasteiger partial charge in [0.2, 0.25) is 5.95 Å². The minimum Gasteiger partial charge on any atom is -0.368 e. The van der Waals surface area contributed by atoms with Gasteiger partial charge in [-0.25, -0.2) is 9.97 Å². The van der Waals surface area contributed by atoms with Crippen molar-refractivity contribution in [3.05, 3.63) is 17.1 Å². The molecule has 2 heterocycles. The smallest absolute Gasteiger partial charge is 0.223 e. The lowest BCUT2D eigenvalue weighted by atomic mass is 10.2. The van der Waals surface area contributed by atoms with Gasteiger partial charge in [0.05, 0.1) is 11.3 Å². The molecule has 0 saturated carbocycles. The highest BCUT2D eigenvalue weighted by molar-refractivity contribution is 5.85. The average Bonchev–Trinajstić information content (AvgIpc) is 2.48. The highest BCUT2D eigenvalue weighted by atomic mass is 16.1. The van der Waals surface area contributed by atoms with Crippen molar-refractivity contribution in [1.29, 1.82) is 0 Å². The van der Waals surface area contributed by atoms with E-state index in [1.165, 1.54) is 4.52 Å². The molecule has 0 amide bonds. The minimum atomic E-state index is 0.240. The molecule has 0 saturated heterocycles. The van der Waals surface area contributed by atoms with Crippen LogP contribution in [0.15, 0.2) is 0 Å². The van der Waals surface area contributed by atoms with Gasteiger partial charge in [-0.1, -0.05) is 0 Å². The van der Waals surface area contributed by atoms with Gasteiger partial charge in [0.1, 0.15) is 5.82 Å². The summed E-state index contributed by atoms with van der Waals surface area (Å²) in [5.74, 6) is 0.802. The van der Waals surface area contributed by atoms with Gasteiger partial charge in [0.15, 0.2) is 11.9 Å². The molecule has 0 radical (unpaired) electrons. The molecule has 2 rings (SSSR count). The quantitative estimate of drug-likeness (QED) is 0.648. The monoisotopic (exact) mass is 191 g/mol. The van der Waals surface area contributed by atoms with Crippen LogP contribution >= 0.6 is 0 Å². The molecule has 0 aliphatic rings. The zero-order chi connectivity index (χ0) is 10.3. The second-order valence-corrected chi connectivity index (χ2v) is 2.98. The maximum absolute atomic E-state index is 10.8. The number of hydrogen-bond acceptors (Lipinski definition) is 5. The molecule has 0 atom stereocenters. The van der Waals surface area contributed by atoms with Crippen LogP contribution in [0.4, 0.5) is 5.95 Å². The predicted molar refractivity (Wildman–Crippen MR) is 50.1 cm³/mol. The van der Waals surface area contributed by atoms with Crippen molar-refractivity contribution in [3.63, 3.8) is 0 Å². The van der Waals surface area contributed by atoms with Crippen molar-refractivity contribution in [2.24, 2.45) is 0 Å². The molecule has 72 valence electrons. The Morgan fingerprint density at radius 1 is 1.36 bits per heavy atom. The number of hydrogen-bond donors (Lipinski definition) is 1. The van der Waals surface area contributed by atoms with Crippen LogP contribution in [0, 0.1) is 13.8 Å². The Balaban J connectivity index is 2.96. The lowest BCUT2D eigenvalue weighted by Gasteiger charge is -2.01. The van der Waals surface area contributed by atoms with Crippen LogP contribution in [0.3, 0.4) is 0 Å². The molecule has 6 heteroatoms. The van der Waals surface area contributed by atoms with Gasteiger partial charge in [-0.05, 0) is 13.8 Å². The summed E-state index contributed by atoms with van der Waals surface area (Å²) >= 11 is 0. The Hall–Kier alpha value is -1.98. The van der Waals surface area contributed by atoms with E-state index >= 15 is 0 Å². The number of carbonyl (C=O) groups excluding carboxylic acids is 1. The van der Waals surface area contributed by atoms with Crippen molar-refractivity contribution in [2.45, 2.75) is 13.8 Å². The third-order valence-corrected chi connectivity index (χ3v) is 1.96. The summed E-state index contributed by atoms with van der Waals surface area (Å²) in [6.45, 7) is 3.44. The summed E-state index contributed by atoms with van der Waals surface area (Å²) < 4.78 is 1.37. The molecule has 0 bridgehead atoms. The summed E-state index contributed by atoms with van der Waals surface area (Å²) in [6.07, 6.45) is 0.714. The van der Waals surface area contributed by atoms with Crippen LogP contribution in [0.1, 0.15) is 21.9 Å². The first-order valence-electron chi connectivity index (χ1n) is 4.08. The van der Waals surface area contributed by atoms with Crippen molar-refractivity contribution < 1.29 is 4.79 Å². The fourth-order valence-electron chi connectivity index (χ4n) is 1.33. The van der Waals surface area contributed by atoms with E-state index < -0.39 is 0 Å². The van der Waals surface area contributed by atoms with Crippen LogP contribution in [0.2, 0.25) is 0 Å². The number of nitrogen functional groups attached to an aromatic ring is 1. The molecule has 2 aromatic rings. The lowest BCUT2D eigenvalue weighted by molar-refractivity contribution is 0.112. The summed E-state index contributed by atoms with van der Waals surface area (Å²) in [4.78, 5) is 18.9. The van der Waals surface area contributed by atoms with Crippen molar-refractivity contribution in [3.8, 4) is 0 Å². The van der Waals surface area contributed by atoms with Gasteiger partial charge in [0, 0.05) is 0 Å². The first-order chi connectivity index (χ1) is 6.63. The van der Waals surface area contributed by atoms with E-state index in [9.17, 15) is 4.79 Å². The van der Waals surface area contributed by atoms with Crippen LogP contribution in [-0.2, 0) is 0 Å². The normalized spacial score (nSPS) is 10.7. The van der Waals surface area contributed by atoms with Gasteiger partial charge in [-0.15, -0.1) is 5.10 Å². The largest absolute Gasteiger partial charge is 0.368 e. The van der Waals surface area contributed by atoms with Crippen LogP contribution in [0.25, 0.3) is 5.65 Å². The molecular weight excluding hydrogens is 182 g/mol. The topological polar surface area (TPSA) is 86.2 Å². The van der Waals surface area contributed by atoms with Gasteiger partial charge in [0.25, 0.3) is 0 Å². The fourth-order valence-corrected chi connectivity index (χ4v) is 1.33. The second-order valence-electron chi connectivity index (χ2n) is 2.98. The number of aldehydes is 1. The van der Waals surface area contributed by atoms with E-state index in [1.807, 2.05) is 0 Å². The molecule has 0 spiro atoms. The molecule has 2 N–H and O–H groups in total. The number of carbonyl (C=O) groups is 1. The van der Waals surface area contributed by atoms with Gasteiger partial charge in [-0.2, -0.15) is 4.52 Å². The number of aryl methyl sites for hydroxylation is 2. The Morgan fingerprint density at radius 3 is 2.71 bits per heavy atom. The maximum Gasteiger partial charge on any atom is 0.223 e. The summed E-state index contributed by atoms with van der Waals surface area (Å²) in [7, 11) is 0. The molecule has 0 aliphatic carbocycles. The summed E-state index contributed by atoms with van der Waals surface area (Å²) in [5.41, 5.74) is 7.09. The summed E-state index contributed by atoms with van der Waals surface area (Å²) in [6, 6.07) is 0. The second kappa shape index (κ2) is 2.76. The van der Waals surface area contributed by atoms with Crippen molar-refractivity contribution in [1.82, 2.24) is 19.6 Å². The number of aromatic nitrogens is 4. The van der Waals surface area contributed by atoms with E-state index in [4.69, 9.17) is 5.73 Å². The highest BCUT2D eigenvalue weighted by Crippen LogP contribution is 2.12. The van der Waals surface area contributed by atoms with Crippen molar-refractivity contribution >= 4 is 17.9 Å². The standard InChI is InChI=1S/C8H9N5O/c1-4-6(3-14)7-11-5(2)12-13(7)8(9)10-4/h3H,1-2H3,(H2,9,10). The number of anilines is 1. The SMILES string of the molecule is Cc1nc2c(C=O)c(C)nc(N)n2n1. The minimum absolute atomic E-state index is 0.240. The Kier molecular flexibility index (Phi) is 1.70. The molecule has 0 aliphatic heterocycles.